The zero-order valence-corrected chi connectivity index (χ0v) is 22.3. The number of carbonyl (C=O) groups excluding carboxylic acids is 2. The highest BCUT2D eigenvalue weighted by atomic mass is 19.1. The van der Waals surface area contributed by atoms with Gasteiger partial charge in [-0.2, -0.15) is 0 Å². The first kappa shape index (κ1) is 26.9. The predicted octanol–water partition coefficient (Wildman–Crippen LogP) is 6.71. The summed E-state index contributed by atoms with van der Waals surface area (Å²) in [6.07, 6.45) is 4.52. The van der Waals surface area contributed by atoms with Gasteiger partial charge in [-0.1, -0.05) is 13.3 Å². The molecular formula is C31H30FN3O5. The molecule has 1 aliphatic rings. The Kier molecular flexibility index (Phi) is 7.82. The van der Waals surface area contributed by atoms with Crippen LogP contribution in [0.5, 0.6) is 23.0 Å². The number of ether oxygens (including phenoxy) is 3. The molecular weight excluding hydrogens is 513 g/mol. The number of hydrogen-bond donors (Lipinski definition) is 2. The number of fused-ring (bicyclic) bond motifs is 1. The Bertz CT molecular complexity index is 1520. The Morgan fingerprint density at radius 1 is 0.900 bits per heavy atom. The van der Waals surface area contributed by atoms with E-state index in [0.717, 1.165) is 18.2 Å². The number of nitrogens with zero attached hydrogens (tertiary/aromatic N) is 1. The number of hydrogen-bond acceptors (Lipinski definition) is 6. The normalized spacial score (nSPS) is 13.4. The molecule has 0 aliphatic heterocycles. The van der Waals surface area contributed by atoms with E-state index in [1.807, 2.05) is 12.1 Å². The van der Waals surface area contributed by atoms with Crippen LogP contribution in [0.25, 0.3) is 10.9 Å². The molecule has 4 aromatic rings. The molecule has 3 aromatic carbocycles. The minimum absolute atomic E-state index is 0.384. The lowest BCUT2D eigenvalue weighted by molar-refractivity contribution is -0.131. The average molecular weight is 544 g/mol. The molecule has 1 aromatic heterocycles. The van der Waals surface area contributed by atoms with E-state index in [9.17, 15) is 14.0 Å². The Morgan fingerprint density at radius 2 is 1.55 bits per heavy atom. The van der Waals surface area contributed by atoms with Crippen molar-refractivity contribution in [2.24, 2.45) is 5.41 Å². The van der Waals surface area contributed by atoms with Crippen molar-refractivity contribution in [3.8, 4) is 23.0 Å². The lowest BCUT2D eigenvalue weighted by atomic mass is 10.0. The number of amides is 2. The third-order valence-corrected chi connectivity index (χ3v) is 6.80. The van der Waals surface area contributed by atoms with Crippen molar-refractivity contribution in [2.45, 2.75) is 32.6 Å². The van der Waals surface area contributed by atoms with Crippen LogP contribution in [0.15, 0.2) is 72.9 Å². The highest BCUT2D eigenvalue weighted by Crippen LogP contribution is 2.47. The highest BCUT2D eigenvalue weighted by Gasteiger charge is 2.56. The number of aromatic nitrogens is 1. The van der Waals surface area contributed by atoms with Gasteiger partial charge in [-0.25, -0.2) is 4.39 Å². The van der Waals surface area contributed by atoms with Gasteiger partial charge < -0.3 is 24.8 Å². The molecule has 5 rings (SSSR count). The van der Waals surface area contributed by atoms with Gasteiger partial charge in [0.1, 0.15) is 22.7 Å². The van der Waals surface area contributed by atoms with E-state index in [1.165, 1.54) is 24.3 Å². The second-order valence-electron chi connectivity index (χ2n) is 9.66. The molecule has 1 fully saturated rings. The maximum absolute atomic E-state index is 13.2. The molecule has 2 amide bonds. The van der Waals surface area contributed by atoms with Crippen LogP contribution in [0.1, 0.15) is 32.6 Å². The molecule has 0 atom stereocenters. The number of carbonyl (C=O) groups is 2. The maximum atomic E-state index is 13.2. The fourth-order valence-electron chi connectivity index (χ4n) is 4.27. The number of unbranched alkanes of at least 4 members (excludes halogenated alkanes) is 1. The van der Waals surface area contributed by atoms with Crippen molar-refractivity contribution in [1.82, 2.24) is 4.98 Å². The molecule has 0 bridgehead atoms. The van der Waals surface area contributed by atoms with Gasteiger partial charge in [0.05, 0.1) is 19.2 Å². The van der Waals surface area contributed by atoms with E-state index < -0.39 is 17.1 Å². The molecule has 1 saturated carbocycles. The van der Waals surface area contributed by atoms with Gasteiger partial charge in [-0.05, 0) is 79.9 Å². The molecule has 0 radical (unpaired) electrons. The van der Waals surface area contributed by atoms with E-state index in [-0.39, 0.29) is 5.91 Å². The first-order chi connectivity index (χ1) is 19.4. The first-order valence-electron chi connectivity index (χ1n) is 13.2. The van der Waals surface area contributed by atoms with Crippen molar-refractivity contribution in [1.29, 1.82) is 0 Å². The summed E-state index contributed by atoms with van der Waals surface area (Å²) in [5.74, 6) is 1.19. The standard InChI is InChI=1S/C31H30FN3O5/c1-3-4-17-39-28-19-25-24(18-27(28)38-2)26(13-16-33-25)40-23-11-9-22(10-12-23)35-30(37)31(14-15-31)29(36)34-21-7-5-20(32)6-8-21/h5-13,16,18-19H,3-4,14-15,17H2,1-2H3,(H,34,36)(H,35,37). The number of halogens is 1. The Labute approximate surface area is 231 Å². The fourth-order valence-corrected chi connectivity index (χ4v) is 4.27. The summed E-state index contributed by atoms with van der Waals surface area (Å²) in [5, 5.41) is 6.30. The molecule has 9 heteroatoms. The van der Waals surface area contributed by atoms with E-state index in [4.69, 9.17) is 14.2 Å². The zero-order valence-electron chi connectivity index (χ0n) is 22.3. The molecule has 40 heavy (non-hydrogen) atoms. The third-order valence-electron chi connectivity index (χ3n) is 6.80. The Morgan fingerprint density at radius 3 is 2.15 bits per heavy atom. The van der Waals surface area contributed by atoms with Crippen LogP contribution in [0.2, 0.25) is 0 Å². The molecule has 1 aliphatic carbocycles. The number of methoxy groups -OCH3 is 1. The SMILES string of the molecule is CCCCOc1cc2nccc(Oc3ccc(NC(=O)C4(C(=O)Nc5ccc(F)cc5)CC4)cc3)c2cc1OC. The van der Waals surface area contributed by atoms with Crippen LogP contribution in [-0.2, 0) is 9.59 Å². The number of benzene rings is 3. The minimum atomic E-state index is -1.14. The maximum Gasteiger partial charge on any atom is 0.240 e. The summed E-state index contributed by atoms with van der Waals surface area (Å²) in [6.45, 7) is 2.70. The van der Waals surface area contributed by atoms with Crippen LogP contribution in [-0.4, -0.2) is 30.5 Å². The van der Waals surface area contributed by atoms with Crippen LogP contribution in [0.4, 0.5) is 15.8 Å². The zero-order chi connectivity index (χ0) is 28.1. The number of rotatable bonds is 11. The van der Waals surface area contributed by atoms with Crippen LogP contribution in [0, 0.1) is 11.2 Å². The topological polar surface area (TPSA) is 98.8 Å². The molecule has 1 heterocycles. The molecule has 2 N–H and O–H groups in total. The van der Waals surface area contributed by atoms with Gasteiger partial charge >= 0.3 is 0 Å². The average Bonchev–Trinajstić information content (AvgIpc) is 3.78. The lowest BCUT2D eigenvalue weighted by Crippen LogP contribution is -2.35. The van der Waals surface area contributed by atoms with Crippen LogP contribution < -0.4 is 24.8 Å². The van der Waals surface area contributed by atoms with Crippen LogP contribution in [0.3, 0.4) is 0 Å². The number of anilines is 2. The van der Waals surface area contributed by atoms with E-state index in [0.29, 0.717) is 59.3 Å². The number of nitrogens with one attached hydrogen (secondary N) is 2. The lowest BCUT2D eigenvalue weighted by Gasteiger charge is -2.16. The van der Waals surface area contributed by atoms with Crippen molar-refractivity contribution < 1.29 is 28.2 Å². The fraction of sp³-hybridized carbons (Fsp3) is 0.258. The monoisotopic (exact) mass is 543 g/mol. The largest absolute Gasteiger partial charge is 0.493 e. The quantitative estimate of drug-likeness (QED) is 0.161. The summed E-state index contributed by atoms with van der Waals surface area (Å²) in [7, 11) is 1.59. The first-order valence-corrected chi connectivity index (χ1v) is 13.2. The van der Waals surface area contributed by atoms with E-state index in [2.05, 4.69) is 22.5 Å². The van der Waals surface area contributed by atoms with Crippen molar-refractivity contribution in [2.75, 3.05) is 24.4 Å². The second kappa shape index (κ2) is 11.6. The second-order valence-corrected chi connectivity index (χ2v) is 9.66. The molecule has 0 spiro atoms. The summed E-state index contributed by atoms with van der Waals surface area (Å²) >= 11 is 0. The third kappa shape index (κ3) is 5.83. The van der Waals surface area contributed by atoms with Gasteiger partial charge in [0.15, 0.2) is 11.5 Å². The van der Waals surface area contributed by atoms with Crippen LogP contribution >= 0.6 is 0 Å². The van der Waals surface area contributed by atoms with Gasteiger partial charge in [-0.3, -0.25) is 14.6 Å². The Balaban J connectivity index is 1.26. The van der Waals surface area contributed by atoms with E-state index in [1.54, 1.807) is 43.6 Å². The van der Waals surface area contributed by atoms with Gasteiger partial charge in [0, 0.05) is 29.0 Å². The Hall–Kier alpha value is -4.66. The predicted molar refractivity (Wildman–Crippen MR) is 151 cm³/mol. The van der Waals surface area contributed by atoms with Crippen molar-refractivity contribution >= 4 is 34.1 Å². The smallest absolute Gasteiger partial charge is 0.240 e. The molecule has 0 saturated heterocycles. The summed E-state index contributed by atoms with van der Waals surface area (Å²) < 4.78 is 30.7. The summed E-state index contributed by atoms with van der Waals surface area (Å²) in [6, 6.07) is 17.8. The summed E-state index contributed by atoms with van der Waals surface area (Å²) in [4.78, 5) is 30.2. The molecule has 206 valence electrons. The van der Waals surface area contributed by atoms with Gasteiger partial charge in [0.2, 0.25) is 11.8 Å². The number of pyridine rings is 1. The van der Waals surface area contributed by atoms with Gasteiger partial charge in [-0.15, -0.1) is 0 Å². The highest BCUT2D eigenvalue weighted by molar-refractivity contribution is 6.16. The van der Waals surface area contributed by atoms with E-state index >= 15 is 0 Å². The van der Waals surface area contributed by atoms with Crippen molar-refractivity contribution in [3.63, 3.8) is 0 Å². The molecule has 8 nitrogen and oxygen atoms in total. The van der Waals surface area contributed by atoms with Crippen molar-refractivity contribution in [3.05, 3.63) is 78.7 Å². The van der Waals surface area contributed by atoms with Gasteiger partial charge in [0.25, 0.3) is 0 Å². The summed E-state index contributed by atoms with van der Waals surface area (Å²) in [5.41, 5.74) is 0.543. The molecule has 0 unspecified atom stereocenters. The minimum Gasteiger partial charge on any atom is -0.493 e.